The molecule has 1 aliphatic rings. The SMILES string of the molecule is CN(C)S(=O)(=O)c1cccc(C(=O)N2CCN(CC(=O)NC(C)(C)C)CC2)c1. The molecule has 1 aromatic carbocycles. The van der Waals surface area contributed by atoms with Crippen molar-refractivity contribution in [1.29, 1.82) is 0 Å². The van der Waals surface area contributed by atoms with Crippen molar-refractivity contribution < 1.29 is 18.0 Å². The first kappa shape index (κ1) is 22.3. The lowest BCUT2D eigenvalue weighted by atomic mass is 10.1. The van der Waals surface area contributed by atoms with Crippen molar-refractivity contribution in [3.05, 3.63) is 29.8 Å². The lowest BCUT2D eigenvalue weighted by molar-refractivity contribution is -0.124. The second-order valence-corrected chi connectivity index (χ2v) is 10.3. The van der Waals surface area contributed by atoms with Crippen molar-refractivity contribution >= 4 is 21.8 Å². The molecular weight excluding hydrogens is 380 g/mol. The zero-order valence-electron chi connectivity index (χ0n) is 17.2. The van der Waals surface area contributed by atoms with Gasteiger partial charge in [-0.05, 0) is 39.0 Å². The van der Waals surface area contributed by atoms with Gasteiger partial charge in [0.15, 0.2) is 0 Å². The fourth-order valence-electron chi connectivity index (χ4n) is 2.95. The highest BCUT2D eigenvalue weighted by molar-refractivity contribution is 7.89. The Kier molecular flexibility index (Phi) is 6.84. The van der Waals surface area contributed by atoms with Crippen LogP contribution in [0.4, 0.5) is 0 Å². The molecule has 0 radical (unpaired) electrons. The Labute approximate surface area is 167 Å². The summed E-state index contributed by atoms with van der Waals surface area (Å²) in [5, 5.41) is 2.93. The molecule has 0 aliphatic carbocycles. The van der Waals surface area contributed by atoms with E-state index >= 15 is 0 Å². The zero-order chi connectivity index (χ0) is 21.1. The Morgan fingerprint density at radius 3 is 2.25 bits per heavy atom. The number of piperazine rings is 1. The standard InChI is InChI=1S/C19H30N4O4S/c1-19(2,3)20-17(24)14-22-9-11-23(12-10-22)18(25)15-7-6-8-16(13-15)28(26,27)21(4)5/h6-8,13H,9-12,14H2,1-5H3,(H,20,24). The second kappa shape index (κ2) is 8.59. The van der Waals surface area contributed by atoms with E-state index < -0.39 is 10.0 Å². The number of nitrogens with one attached hydrogen (secondary N) is 1. The van der Waals surface area contributed by atoms with E-state index in [-0.39, 0.29) is 22.2 Å². The molecule has 1 saturated heterocycles. The van der Waals surface area contributed by atoms with Gasteiger partial charge in [0.1, 0.15) is 0 Å². The maximum Gasteiger partial charge on any atom is 0.253 e. The molecule has 1 aliphatic heterocycles. The maximum atomic E-state index is 12.8. The van der Waals surface area contributed by atoms with E-state index in [1.807, 2.05) is 25.7 Å². The summed E-state index contributed by atoms with van der Waals surface area (Å²) >= 11 is 0. The molecule has 28 heavy (non-hydrogen) atoms. The number of hydrogen-bond acceptors (Lipinski definition) is 5. The molecule has 156 valence electrons. The first-order valence-electron chi connectivity index (χ1n) is 9.25. The molecule has 0 atom stereocenters. The van der Waals surface area contributed by atoms with Crippen molar-refractivity contribution in [2.75, 3.05) is 46.8 Å². The van der Waals surface area contributed by atoms with E-state index in [2.05, 4.69) is 5.32 Å². The molecule has 0 aromatic heterocycles. The third-order valence-corrected chi connectivity index (χ3v) is 6.21. The smallest absolute Gasteiger partial charge is 0.253 e. The van der Waals surface area contributed by atoms with Crippen molar-refractivity contribution in [3.63, 3.8) is 0 Å². The highest BCUT2D eigenvalue weighted by atomic mass is 32.2. The summed E-state index contributed by atoms with van der Waals surface area (Å²) in [5.74, 6) is -0.233. The number of nitrogens with zero attached hydrogens (tertiary/aromatic N) is 3. The van der Waals surface area contributed by atoms with Gasteiger partial charge in [0.05, 0.1) is 11.4 Å². The number of rotatable bonds is 5. The summed E-state index contributed by atoms with van der Waals surface area (Å²) in [6.45, 7) is 8.29. The van der Waals surface area contributed by atoms with Crippen LogP contribution in [0.2, 0.25) is 0 Å². The third-order valence-electron chi connectivity index (χ3n) is 4.40. The van der Waals surface area contributed by atoms with Crippen LogP contribution in [-0.2, 0) is 14.8 Å². The van der Waals surface area contributed by atoms with E-state index in [4.69, 9.17) is 0 Å². The highest BCUT2D eigenvalue weighted by Gasteiger charge is 2.25. The Balaban J connectivity index is 1.98. The van der Waals surface area contributed by atoms with Crippen molar-refractivity contribution in [3.8, 4) is 0 Å². The maximum absolute atomic E-state index is 12.8. The molecule has 0 bridgehead atoms. The molecule has 1 N–H and O–H groups in total. The van der Waals surface area contributed by atoms with E-state index in [0.717, 1.165) is 4.31 Å². The van der Waals surface area contributed by atoms with Gasteiger partial charge in [-0.15, -0.1) is 0 Å². The number of hydrogen-bond donors (Lipinski definition) is 1. The van der Waals surface area contributed by atoms with Gasteiger partial charge in [-0.3, -0.25) is 14.5 Å². The molecule has 0 spiro atoms. The van der Waals surface area contributed by atoms with Gasteiger partial charge >= 0.3 is 0 Å². The average molecular weight is 411 g/mol. The molecular formula is C19H30N4O4S. The molecule has 1 fully saturated rings. The van der Waals surface area contributed by atoms with Gasteiger partial charge in [-0.1, -0.05) is 6.07 Å². The molecule has 9 heteroatoms. The first-order chi connectivity index (χ1) is 12.9. The summed E-state index contributed by atoms with van der Waals surface area (Å²) in [6.07, 6.45) is 0. The van der Waals surface area contributed by atoms with Crippen LogP contribution in [0.15, 0.2) is 29.2 Å². The fourth-order valence-corrected chi connectivity index (χ4v) is 3.90. The van der Waals surface area contributed by atoms with Crippen molar-refractivity contribution in [2.24, 2.45) is 0 Å². The Hall–Kier alpha value is -1.97. The Bertz CT molecular complexity index is 823. The molecule has 8 nitrogen and oxygen atoms in total. The van der Waals surface area contributed by atoms with Crippen LogP contribution in [0.5, 0.6) is 0 Å². The molecule has 2 rings (SSSR count). The van der Waals surface area contributed by atoms with Gasteiger partial charge in [-0.2, -0.15) is 0 Å². The topological polar surface area (TPSA) is 90.0 Å². The van der Waals surface area contributed by atoms with Gasteiger partial charge < -0.3 is 10.2 Å². The van der Waals surface area contributed by atoms with Crippen molar-refractivity contribution in [1.82, 2.24) is 19.4 Å². The predicted molar refractivity (Wildman–Crippen MR) is 108 cm³/mol. The second-order valence-electron chi connectivity index (χ2n) is 8.18. The van der Waals surface area contributed by atoms with Crippen LogP contribution in [0, 0.1) is 0 Å². The molecule has 0 saturated carbocycles. The summed E-state index contributed by atoms with van der Waals surface area (Å²) < 4.78 is 25.7. The number of carbonyl (C=O) groups is 2. The third kappa shape index (κ3) is 5.76. The Morgan fingerprint density at radius 1 is 1.11 bits per heavy atom. The van der Waals surface area contributed by atoms with E-state index in [9.17, 15) is 18.0 Å². The summed E-state index contributed by atoms with van der Waals surface area (Å²) in [4.78, 5) is 28.6. The van der Waals surface area contributed by atoms with Gasteiger partial charge in [-0.25, -0.2) is 12.7 Å². The summed E-state index contributed by atoms with van der Waals surface area (Å²) in [6, 6.07) is 6.11. The van der Waals surface area contributed by atoms with Gasteiger partial charge in [0.25, 0.3) is 5.91 Å². The largest absolute Gasteiger partial charge is 0.350 e. The zero-order valence-corrected chi connectivity index (χ0v) is 18.0. The highest BCUT2D eigenvalue weighted by Crippen LogP contribution is 2.17. The average Bonchev–Trinajstić information content (AvgIpc) is 2.60. The van der Waals surface area contributed by atoms with E-state index in [1.165, 1.54) is 26.2 Å². The van der Waals surface area contributed by atoms with Crippen LogP contribution in [0.25, 0.3) is 0 Å². The number of benzene rings is 1. The monoisotopic (exact) mass is 410 g/mol. The Morgan fingerprint density at radius 2 is 1.71 bits per heavy atom. The van der Waals surface area contributed by atoms with Gasteiger partial charge in [0, 0.05) is 51.4 Å². The number of amides is 2. The van der Waals surface area contributed by atoms with Crippen molar-refractivity contribution in [2.45, 2.75) is 31.2 Å². The molecule has 0 unspecified atom stereocenters. The quantitative estimate of drug-likeness (QED) is 0.768. The predicted octanol–water partition coefficient (Wildman–Crippen LogP) is 0.609. The van der Waals surface area contributed by atoms with Gasteiger partial charge in [0.2, 0.25) is 15.9 Å². The van der Waals surface area contributed by atoms with E-state index in [0.29, 0.717) is 38.3 Å². The fraction of sp³-hybridized carbons (Fsp3) is 0.579. The number of sulfonamides is 1. The molecule has 1 heterocycles. The summed E-state index contributed by atoms with van der Waals surface area (Å²) in [7, 11) is -0.677. The van der Waals surface area contributed by atoms with Crippen LogP contribution < -0.4 is 5.32 Å². The lowest BCUT2D eigenvalue weighted by Crippen LogP contribution is -2.52. The van der Waals surface area contributed by atoms with Crippen LogP contribution in [0.1, 0.15) is 31.1 Å². The normalized spacial score (nSPS) is 16.3. The molecule has 2 amide bonds. The van der Waals surface area contributed by atoms with Crippen LogP contribution >= 0.6 is 0 Å². The minimum absolute atomic E-state index is 0.0335. The minimum Gasteiger partial charge on any atom is -0.350 e. The number of carbonyl (C=O) groups excluding carboxylic acids is 2. The molecule has 1 aromatic rings. The van der Waals surface area contributed by atoms with E-state index in [1.54, 1.807) is 17.0 Å². The first-order valence-corrected chi connectivity index (χ1v) is 10.7. The lowest BCUT2D eigenvalue weighted by Gasteiger charge is -2.35. The minimum atomic E-state index is -3.59. The van der Waals surface area contributed by atoms with Crippen LogP contribution in [-0.4, -0.2) is 86.7 Å². The summed E-state index contributed by atoms with van der Waals surface area (Å²) in [5.41, 5.74) is 0.0779. The van der Waals surface area contributed by atoms with Crippen LogP contribution in [0.3, 0.4) is 0 Å².